The molecule has 7 heteroatoms. The highest BCUT2D eigenvalue weighted by Gasteiger charge is 2.35. The Hall–Kier alpha value is -1.37. The summed E-state index contributed by atoms with van der Waals surface area (Å²) in [6.45, 7) is 3.32. The van der Waals surface area contributed by atoms with Crippen molar-refractivity contribution in [3.63, 3.8) is 0 Å². The van der Waals surface area contributed by atoms with Gasteiger partial charge in [-0.15, -0.1) is 0 Å². The van der Waals surface area contributed by atoms with Crippen LogP contribution in [0.25, 0.3) is 0 Å². The van der Waals surface area contributed by atoms with Crippen LogP contribution >= 0.6 is 0 Å². The van der Waals surface area contributed by atoms with Crippen molar-refractivity contribution >= 4 is 5.69 Å². The van der Waals surface area contributed by atoms with E-state index in [1.165, 1.54) is 19.2 Å². The van der Waals surface area contributed by atoms with E-state index in [4.69, 9.17) is 0 Å². The highest BCUT2D eigenvalue weighted by atomic mass is 19.4. The molecule has 0 atom stereocenters. The molecule has 0 aliphatic carbocycles. The zero-order chi connectivity index (χ0) is 16.2. The smallest absolute Gasteiger partial charge is 0.368 e. The Bertz CT molecular complexity index is 457. The molecule has 0 spiro atoms. The molecule has 21 heavy (non-hydrogen) atoms. The zero-order valence-electron chi connectivity index (χ0n) is 12.1. The molecule has 0 radical (unpaired) electrons. The van der Waals surface area contributed by atoms with Crippen molar-refractivity contribution in [2.75, 3.05) is 18.5 Å². The summed E-state index contributed by atoms with van der Waals surface area (Å²) in [4.78, 5) is 0.924. The Morgan fingerprint density at radius 1 is 1.19 bits per heavy atom. The molecule has 0 heterocycles. The molecule has 0 aliphatic heterocycles. The molecule has 0 aliphatic rings. The topological polar surface area (TPSA) is 15.3 Å². The third-order valence-electron chi connectivity index (χ3n) is 2.90. The lowest BCUT2D eigenvalue weighted by molar-refractivity contribution is -0.137. The van der Waals surface area contributed by atoms with E-state index in [-0.39, 0.29) is 11.7 Å². The summed E-state index contributed by atoms with van der Waals surface area (Å²) in [5.74, 6) is 0. The summed E-state index contributed by atoms with van der Waals surface area (Å²) >= 11 is 0. The van der Waals surface area contributed by atoms with Gasteiger partial charge in [0.2, 0.25) is 0 Å². The number of hydrogen-bond acceptors (Lipinski definition) is 2. The minimum Gasteiger partial charge on any atom is -0.368 e. The van der Waals surface area contributed by atoms with Crippen LogP contribution in [0.15, 0.2) is 18.2 Å². The van der Waals surface area contributed by atoms with Gasteiger partial charge in [-0.3, -0.25) is 0 Å². The van der Waals surface area contributed by atoms with E-state index >= 15 is 0 Å². The SMILES string of the molecule is CC(C)NCc1ccc(N(C)CC(F)F)c(C(F)(F)F)c1. The van der Waals surface area contributed by atoms with Gasteiger partial charge in [0.05, 0.1) is 12.1 Å². The van der Waals surface area contributed by atoms with E-state index in [9.17, 15) is 22.0 Å². The number of hydrogen-bond donors (Lipinski definition) is 1. The normalized spacial score (nSPS) is 12.3. The molecule has 1 rings (SSSR count). The van der Waals surface area contributed by atoms with Crippen molar-refractivity contribution in [2.24, 2.45) is 0 Å². The average Bonchev–Trinajstić information content (AvgIpc) is 2.34. The van der Waals surface area contributed by atoms with Gasteiger partial charge >= 0.3 is 6.18 Å². The number of nitrogens with zero attached hydrogens (tertiary/aromatic N) is 1. The molecule has 0 fully saturated rings. The van der Waals surface area contributed by atoms with Gasteiger partial charge in [0, 0.05) is 25.3 Å². The molecule has 1 N–H and O–H groups in total. The molecule has 120 valence electrons. The monoisotopic (exact) mass is 310 g/mol. The maximum absolute atomic E-state index is 13.1. The quantitative estimate of drug-likeness (QED) is 0.802. The predicted octanol–water partition coefficient (Wildman–Crippen LogP) is 3.90. The zero-order valence-corrected chi connectivity index (χ0v) is 12.1. The van der Waals surface area contributed by atoms with E-state index < -0.39 is 24.7 Å². The van der Waals surface area contributed by atoms with Crippen molar-refractivity contribution in [3.8, 4) is 0 Å². The molecule has 0 saturated heterocycles. The van der Waals surface area contributed by atoms with Crippen LogP contribution in [0.2, 0.25) is 0 Å². The van der Waals surface area contributed by atoms with Crippen LogP contribution < -0.4 is 10.2 Å². The number of rotatable bonds is 6. The third-order valence-corrected chi connectivity index (χ3v) is 2.90. The standard InChI is InChI=1S/C14H19F5N2/c1-9(2)20-7-10-4-5-12(21(3)8-13(15)16)11(6-10)14(17,18)19/h4-6,9,13,20H,7-8H2,1-3H3. The first-order valence-corrected chi connectivity index (χ1v) is 6.54. The highest BCUT2D eigenvalue weighted by Crippen LogP contribution is 2.37. The minimum atomic E-state index is -4.58. The molecule has 0 saturated carbocycles. The fourth-order valence-corrected chi connectivity index (χ4v) is 1.88. The van der Waals surface area contributed by atoms with Crippen LogP contribution in [0, 0.1) is 0 Å². The lowest BCUT2D eigenvalue weighted by Crippen LogP contribution is -2.27. The van der Waals surface area contributed by atoms with Crippen molar-refractivity contribution in [2.45, 2.75) is 39.0 Å². The molecule has 1 aromatic rings. The van der Waals surface area contributed by atoms with Gasteiger partial charge < -0.3 is 10.2 Å². The van der Waals surface area contributed by atoms with E-state index in [1.54, 1.807) is 0 Å². The van der Waals surface area contributed by atoms with Crippen molar-refractivity contribution < 1.29 is 22.0 Å². The van der Waals surface area contributed by atoms with Crippen molar-refractivity contribution in [1.29, 1.82) is 0 Å². The number of benzene rings is 1. The Morgan fingerprint density at radius 2 is 1.81 bits per heavy atom. The van der Waals surface area contributed by atoms with Crippen molar-refractivity contribution in [3.05, 3.63) is 29.3 Å². The van der Waals surface area contributed by atoms with Crippen LogP contribution in [0.4, 0.5) is 27.6 Å². The fraction of sp³-hybridized carbons (Fsp3) is 0.571. The highest BCUT2D eigenvalue weighted by molar-refractivity contribution is 5.56. The molecular weight excluding hydrogens is 291 g/mol. The molecule has 0 amide bonds. The fourth-order valence-electron chi connectivity index (χ4n) is 1.88. The summed E-state index contributed by atoms with van der Waals surface area (Å²) in [7, 11) is 1.22. The van der Waals surface area contributed by atoms with Gasteiger partial charge in [-0.05, 0) is 17.7 Å². The summed E-state index contributed by atoms with van der Waals surface area (Å²) in [5.41, 5.74) is -0.671. The second kappa shape index (κ2) is 7.06. The van der Waals surface area contributed by atoms with Crippen LogP contribution in [-0.2, 0) is 12.7 Å². The van der Waals surface area contributed by atoms with Crippen molar-refractivity contribution in [1.82, 2.24) is 5.32 Å². The lowest BCUT2D eigenvalue weighted by atomic mass is 10.1. The van der Waals surface area contributed by atoms with Crippen LogP contribution in [0.1, 0.15) is 25.0 Å². The van der Waals surface area contributed by atoms with E-state index in [1.807, 2.05) is 13.8 Å². The lowest BCUT2D eigenvalue weighted by Gasteiger charge is -2.24. The summed E-state index contributed by atoms with van der Waals surface area (Å²) < 4.78 is 64.0. The van der Waals surface area contributed by atoms with Gasteiger partial charge in [0.1, 0.15) is 0 Å². The summed E-state index contributed by atoms with van der Waals surface area (Å²) in [6, 6.07) is 3.90. The molecule has 0 unspecified atom stereocenters. The first-order valence-electron chi connectivity index (χ1n) is 6.54. The Kier molecular flexibility index (Phi) is 5.95. The van der Waals surface area contributed by atoms with Gasteiger partial charge in [0.25, 0.3) is 6.43 Å². The molecule has 1 aromatic carbocycles. The van der Waals surface area contributed by atoms with E-state index in [0.29, 0.717) is 12.1 Å². The Labute approximate surface area is 120 Å². The molecule has 0 bridgehead atoms. The Balaban J connectivity index is 3.08. The third kappa shape index (κ3) is 5.49. The molecule has 2 nitrogen and oxygen atoms in total. The van der Waals surface area contributed by atoms with Gasteiger partial charge in [-0.1, -0.05) is 19.9 Å². The maximum atomic E-state index is 13.1. The number of alkyl halides is 5. The second-order valence-corrected chi connectivity index (χ2v) is 5.16. The first kappa shape index (κ1) is 17.7. The van der Waals surface area contributed by atoms with Gasteiger partial charge in [-0.2, -0.15) is 13.2 Å². The average molecular weight is 310 g/mol. The maximum Gasteiger partial charge on any atom is 0.418 e. The van der Waals surface area contributed by atoms with E-state index in [2.05, 4.69) is 5.32 Å². The van der Waals surface area contributed by atoms with E-state index in [0.717, 1.165) is 11.0 Å². The number of halogens is 5. The summed E-state index contributed by atoms with van der Waals surface area (Å²) in [6.07, 6.45) is -7.28. The first-order chi connectivity index (χ1) is 9.61. The largest absolute Gasteiger partial charge is 0.418 e. The Morgan fingerprint density at radius 3 is 2.29 bits per heavy atom. The minimum absolute atomic E-state index is 0.139. The molecule has 0 aromatic heterocycles. The van der Waals surface area contributed by atoms with Crippen LogP contribution in [0.5, 0.6) is 0 Å². The number of nitrogens with one attached hydrogen (secondary N) is 1. The van der Waals surface area contributed by atoms with Gasteiger partial charge in [-0.25, -0.2) is 8.78 Å². The van der Waals surface area contributed by atoms with Crippen LogP contribution in [-0.4, -0.2) is 26.1 Å². The second-order valence-electron chi connectivity index (χ2n) is 5.16. The molecular formula is C14H19F5N2. The number of anilines is 1. The predicted molar refractivity (Wildman–Crippen MR) is 72.7 cm³/mol. The summed E-state index contributed by atoms with van der Waals surface area (Å²) in [5, 5.41) is 3.02. The van der Waals surface area contributed by atoms with Crippen LogP contribution in [0.3, 0.4) is 0 Å². The van der Waals surface area contributed by atoms with Gasteiger partial charge in [0.15, 0.2) is 0 Å².